The van der Waals surface area contributed by atoms with E-state index in [0.717, 1.165) is 15.8 Å². The molecule has 158 valence electrons. The van der Waals surface area contributed by atoms with Gasteiger partial charge in [-0.2, -0.15) is 0 Å². The molecule has 4 aromatic rings. The monoisotopic (exact) mass is 431 g/mol. The van der Waals surface area contributed by atoms with Crippen LogP contribution in [0.25, 0.3) is 10.2 Å². The molecular weight excluding hydrogens is 406 g/mol. The number of fused-ring (bicyclic) bond motifs is 1. The molecule has 0 radical (unpaired) electrons. The third-order valence-corrected chi connectivity index (χ3v) is 6.08. The molecule has 31 heavy (non-hydrogen) atoms. The van der Waals surface area contributed by atoms with Crippen molar-refractivity contribution in [2.45, 2.75) is 33.2 Å². The molecule has 2 aromatic carbocycles. The van der Waals surface area contributed by atoms with Crippen LogP contribution in [0.2, 0.25) is 0 Å². The molecule has 0 fully saturated rings. The molecule has 0 saturated carbocycles. The molecule has 0 unspecified atom stereocenters. The molecule has 0 saturated heterocycles. The molecule has 0 aliphatic carbocycles. The molecule has 0 spiro atoms. The van der Waals surface area contributed by atoms with E-state index in [0.29, 0.717) is 23.3 Å². The minimum atomic E-state index is -0.146. The highest BCUT2D eigenvalue weighted by Crippen LogP contribution is 2.30. The number of pyridine rings is 1. The predicted molar refractivity (Wildman–Crippen MR) is 126 cm³/mol. The Balaban J connectivity index is 1.56. The van der Waals surface area contributed by atoms with Crippen LogP contribution in [0.5, 0.6) is 5.75 Å². The van der Waals surface area contributed by atoms with E-state index >= 15 is 0 Å². The summed E-state index contributed by atoms with van der Waals surface area (Å²) >= 11 is 1.51. The van der Waals surface area contributed by atoms with Gasteiger partial charge in [-0.1, -0.05) is 49.4 Å². The van der Waals surface area contributed by atoms with Gasteiger partial charge < -0.3 is 4.74 Å². The summed E-state index contributed by atoms with van der Waals surface area (Å²) in [5.74, 6) is 0.986. The number of thiazole rings is 1. The molecule has 4 rings (SSSR count). The highest BCUT2D eigenvalue weighted by atomic mass is 32.1. The molecule has 0 aliphatic rings. The number of hydrogen-bond acceptors (Lipinski definition) is 5. The van der Waals surface area contributed by atoms with Crippen LogP contribution in [-0.4, -0.2) is 22.5 Å². The van der Waals surface area contributed by atoms with Crippen LogP contribution in [0.15, 0.2) is 67.0 Å². The summed E-state index contributed by atoms with van der Waals surface area (Å²) in [6, 6.07) is 17.8. The maximum atomic E-state index is 13.2. The lowest BCUT2D eigenvalue weighted by atomic mass is 10.0. The third kappa shape index (κ3) is 5.09. The summed E-state index contributed by atoms with van der Waals surface area (Å²) in [6.45, 7) is 6.68. The summed E-state index contributed by atoms with van der Waals surface area (Å²) in [5, 5.41) is 0.660. The number of ether oxygens (including phenoxy) is 1. The largest absolute Gasteiger partial charge is 0.484 e. The number of hydrogen-bond donors (Lipinski definition) is 0. The van der Waals surface area contributed by atoms with Gasteiger partial charge in [0.15, 0.2) is 11.7 Å². The Morgan fingerprint density at radius 1 is 1.13 bits per heavy atom. The summed E-state index contributed by atoms with van der Waals surface area (Å²) in [6.07, 6.45) is 3.49. The average Bonchev–Trinajstić information content (AvgIpc) is 3.19. The topological polar surface area (TPSA) is 55.3 Å². The van der Waals surface area contributed by atoms with Gasteiger partial charge in [0.05, 0.1) is 16.8 Å². The van der Waals surface area contributed by atoms with Crippen molar-refractivity contribution in [2.24, 2.45) is 0 Å². The first kappa shape index (κ1) is 21.0. The zero-order valence-corrected chi connectivity index (χ0v) is 18.7. The van der Waals surface area contributed by atoms with Gasteiger partial charge in [0, 0.05) is 12.4 Å². The Morgan fingerprint density at radius 2 is 1.94 bits per heavy atom. The van der Waals surface area contributed by atoms with Gasteiger partial charge in [-0.05, 0) is 59.9 Å². The van der Waals surface area contributed by atoms with Gasteiger partial charge in [0.1, 0.15) is 5.75 Å². The molecule has 0 atom stereocenters. The molecular formula is C25H25N3O2S. The van der Waals surface area contributed by atoms with Gasteiger partial charge in [-0.3, -0.25) is 14.7 Å². The van der Waals surface area contributed by atoms with Crippen molar-refractivity contribution in [2.75, 3.05) is 11.5 Å². The highest BCUT2D eigenvalue weighted by molar-refractivity contribution is 7.22. The first-order valence-corrected chi connectivity index (χ1v) is 11.1. The second kappa shape index (κ2) is 9.27. The van der Waals surface area contributed by atoms with Crippen molar-refractivity contribution in [1.29, 1.82) is 0 Å². The summed E-state index contributed by atoms with van der Waals surface area (Å²) in [4.78, 5) is 23.7. The minimum absolute atomic E-state index is 0.0593. The van der Waals surface area contributed by atoms with Crippen LogP contribution in [-0.2, 0) is 11.3 Å². The number of carbonyl (C=O) groups is 1. The van der Waals surface area contributed by atoms with E-state index in [1.54, 1.807) is 17.3 Å². The fourth-order valence-corrected chi connectivity index (χ4v) is 4.32. The van der Waals surface area contributed by atoms with E-state index in [1.807, 2.05) is 48.5 Å². The average molecular weight is 432 g/mol. The third-order valence-electron chi connectivity index (χ3n) is 5.04. The first-order valence-electron chi connectivity index (χ1n) is 10.3. The molecule has 6 heteroatoms. The SMILES string of the molecule is Cc1ccc2nc(N(Cc3cccnc3)C(=O)COc3ccc(C(C)C)cc3)sc2c1. The molecule has 0 bridgehead atoms. The van der Waals surface area contributed by atoms with E-state index < -0.39 is 0 Å². The van der Waals surface area contributed by atoms with Crippen molar-refractivity contribution in [3.05, 3.63) is 83.7 Å². The normalized spacial score (nSPS) is 11.1. The molecule has 2 aromatic heterocycles. The number of carbonyl (C=O) groups excluding carboxylic acids is 1. The van der Waals surface area contributed by atoms with Crippen molar-refractivity contribution >= 4 is 32.6 Å². The predicted octanol–water partition coefficient (Wildman–Crippen LogP) is 5.74. The zero-order valence-electron chi connectivity index (χ0n) is 17.9. The van der Waals surface area contributed by atoms with E-state index in [4.69, 9.17) is 9.72 Å². The van der Waals surface area contributed by atoms with Crippen LogP contribution in [0.3, 0.4) is 0 Å². The lowest BCUT2D eigenvalue weighted by molar-refractivity contribution is -0.120. The Morgan fingerprint density at radius 3 is 2.65 bits per heavy atom. The van der Waals surface area contributed by atoms with Crippen LogP contribution in [0.1, 0.15) is 36.5 Å². The van der Waals surface area contributed by atoms with Gasteiger partial charge in [-0.25, -0.2) is 4.98 Å². The van der Waals surface area contributed by atoms with Gasteiger partial charge >= 0.3 is 0 Å². The fraction of sp³-hybridized carbons (Fsp3) is 0.240. The van der Waals surface area contributed by atoms with Crippen LogP contribution in [0, 0.1) is 6.92 Å². The number of rotatable bonds is 7. The molecule has 0 N–H and O–H groups in total. The number of aryl methyl sites for hydroxylation is 1. The van der Waals surface area contributed by atoms with Gasteiger partial charge in [0.2, 0.25) is 0 Å². The van der Waals surface area contributed by atoms with Crippen molar-refractivity contribution in [1.82, 2.24) is 9.97 Å². The molecule has 0 aliphatic heterocycles. The van der Waals surface area contributed by atoms with Gasteiger partial charge in [0.25, 0.3) is 5.91 Å². The second-order valence-electron chi connectivity index (χ2n) is 7.82. The smallest absolute Gasteiger partial charge is 0.267 e. The molecule has 2 heterocycles. The van der Waals surface area contributed by atoms with E-state index in [1.165, 1.54) is 22.5 Å². The van der Waals surface area contributed by atoms with E-state index in [9.17, 15) is 4.79 Å². The summed E-state index contributed by atoms with van der Waals surface area (Å²) in [7, 11) is 0. The molecule has 1 amide bonds. The first-order chi connectivity index (χ1) is 15.0. The number of aromatic nitrogens is 2. The van der Waals surface area contributed by atoms with Crippen LogP contribution >= 0.6 is 11.3 Å². The van der Waals surface area contributed by atoms with E-state index in [-0.39, 0.29) is 12.5 Å². The van der Waals surface area contributed by atoms with Crippen molar-refractivity contribution in [3.8, 4) is 5.75 Å². The number of benzene rings is 2. The lowest BCUT2D eigenvalue weighted by Crippen LogP contribution is -2.34. The standard InChI is InChI=1S/C25H25N3O2S/c1-17(2)20-7-9-21(10-8-20)30-16-24(29)28(15-19-5-4-12-26-14-19)25-27-22-11-6-18(3)13-23(22)31-25/h4-14,17H,15-16H2,1-3H3. The lowest BCUT2D eigenvalue weighted by Gasteiger charge is -2.20. The zero-order chi connectivity index (χ0) is 21.8. The summed E-state index contributed by atoms with van der Waals surface area (Å²) < 4.78 is 6.87. The number of amides is 1. The maximum Gasteiger partial charge on any atom is 0.267 e. The van der Waals surface area contributed by atoms with Crippen LogP contribution < -0.4 is 9.64 Å². The Bertz CT molecular complexity index is 1170. The number of anilines is 1. The summed E-state index contributed by atoms with van der Waals surface area (Å²) in [5.41, 5.74) is 4.23. The van der Waals surface area contributed by atoms with Gasteiger partial charge in [-0.15, -0.1) is 0 Å². The van der Waals surface area contributed by atoms with Crippen molar-refractivity contribution < 1.29 is 9.53 Å². The molecule has 5 nitrogen and oxygen atoms in total. The highest BCUT2D eigenvalue weighted by Gasteiger charge is 2.21. The number of nitrogens with zero attached hydrogens (tertiary/aromatic N) is 3. The Labute approximate surface area is 186 Å². The second-order valence-corrected chi connectivity index (χ2v) is 8.83. The quantitative estimate of drug-likeness (QED) is 0.375. The Kier molecular flexibility index (Phi) is 6.28. The Hall–Kier alpha value is -3.25. The van der Waals surface area contributed by atoms with E-state index in [2.05, 4.69) is 31.8 Å². The van der Waals surface area contributed by atoms with Crippen molar-refractivity contribution in [3.63, 3.8) is 0 Å². The van der Waals surface area contributed by atoms with Crippen LogP contribution in [0.4, 0.5) is 5.13 Å². The maximum absolute atomic E-state index is 13.2. The minimum Gasteiger partial charge on any atom is -0.484 e. The fourth-order valence-electron chi connectivity index (χ4n) is 3.24.